The summed E-state index contributed by atoms with van der Waals surface area (Å²) in [6.45, 7) is 6.77. The minimum absolute atomic E-state index is 0.0738. The van der Waals surface area contributed by atoms with E-state index in [0.29, 0.717) is 11.5 Å². The second-order valence-electron chi connectivity index (χ2n) is 12.3. The number of carbonyl (C=O) groups excluding carboxylic acids is 2. The number of likely N-dealkylation sites (tertiary alicyclic amines) is 1. The van der Waals surface area contributed by atoms with Gasteiger partial charge in [0.15, 0.2) is 0 Å². The van der Waals surface area contributed by atoms with Gasteiger partial charge in [-0.25, -0.2) is 18.7 Å². The standard InChI is InChI=1S/C20H24FN3O2S.C18H20FN3O2S/c1-3-24-9-7-15(8-10-24)23-19(25)18-11-14(21)13-22-20(18)26-16-5-4-6-17(12-16)27-2;1-25-15-4-2-3-14(10-15)24-18-16(9-12(19)11-21-18)17(23)22-13-5-7-20-8-6-13/h4-6,11-13,15H,3,7-10H2,1-2H3,(H,23,25);2-4,9-11,13,20H,5-8H2,1H3,(H,22,23). The quantitative estimate of drug-likeness (QED) is 0.136. The number of halogens is 2. The highest BCUT2D eigenvalue weighted by Gasteiger charge is 2.24. The smallest absolute Gasteiger partial charge is 0.257 e. The Labute approximate surface area is 311 Å². The average molecular weight is 751 g/mol. The zero-order valence-corrected chi connectivity index (χ0v) is 31.1. The summed E-state index contributed by atoms with van der Waals surface area (Å²) in [6.07, 6.45) is 9.51. The highest BCUT2D eigenvalue weighted by Crippen LogP contribution is 2.29. The van der Waals surface area contributed by atoms with Gasteiger partial charge in [-0.15, -0.1) is 23.5 Å². The molecule has 2 amide bonds. The Hall–Kier alpha value is -4.24. The minimum Gasteiger partial charge on any atom is -0.438 e. The Kier molecular flexibility index (Phi) is 14.7. The van der Waals surface area contributed by atoms with Crippen molar-refractivity contribution in [3.05, 3.63) is 95.8 Å². The maximum Gasteiger partial charge on any atom is 0.257 e. The van der Waals surface area contributed by atoms with Gasteiger partial charge in [-0.05, 0) is 106 Å². The van der Waals surface area contributed by atoms with Crippen LogP contribution in [0.4, 0.5) is 8.78 Å². The number of rotatable bonds is 11. The van der Waals surface area contributed by atoms with Gasteiger partial charge in [-0.2, -0.15) is 0 Å². The van der Waals surface area contributed by atoms with Gasteiger partial charge in [0, 0.05) is 35.0 Å². The van der Waals surface area contributed by atoms with Crippen molar-refractivity contribution < 1.29 is 27.8 Å². The molecule has 4 aromatic rings. The first-order chi connectivity index (χ1) is 25.2. The van der Waals surface area contributed by atoms with Gasteiger partial charge in [-0.1, -0.05) is 19.1 Å². The van der Waals surface area contributed by atoms with E-state index < -0.39 is 11.6 Å². The summed E-state index contributed by atoms with van der Waals surface area (Å²) in [7, 11) is 0. The van der Waals surface area contributed by atoms with Crippen molar-refractivity contribution >= 4 is 35.3 Å². The molecular formula is C38H44F2N6O4S2. The van der Waals surface area contributed by atoms with E-state index in [9.17, 15) is 18.4 Å². The molecule has 0 saturated carbocycles. The van der Waals surface area contributed by atoms with Crippen molar-refractivity contribution in [3.8, 4) is 23.3 Å². The number of aromatic nitrogens is 2. The molecule has 14 heteroatoms. The van der Waals surface area contributed by atoms with Gasteiger partial charge in [0.05, 0.1) is 12.4 Å². The van der Waals surface area contributed by atoms with Crippen LogP contribution in [0.1, 0.15) is 53.3 Å². The van der Waals surface area contributed by atoms with Crippen molar-refractivity contribution in [1.82, 2.24) is 30.8 Å². The summed E-state index contributed by atoms with van der Waals surface area (Å²) >= 11 is 3.17. The molecule has 2 aromatic heterocycles. The predicted molar refractivity (Wildman–Crippen MR) is 201 cm³/mol. The number of ether oxygens (including phenoxy) is 2. The fourth-order valence-electron chi connectivity index (χ4n) is 5.78. The number of piperidine rings is 2. The number of nitrogens with zero attached hydrogens (tertiary/aromatic N) is 3. The van der Waals surface area contributed by atoms with Crippen LogP contribution < -0.4 is 25.4 Å². The van der Waals surface area contributed by atoms with Crippen molar-refractivity contribution in [2.75, 3.05) is 45.2 Å². The molecule has 6 rings (SSSR count). The van der Waals surface area contributed by atoms with Crippen LogP contribution in [0, 0.1) is 11.6 Å². The molecule has 0 atom stereocenters. The molecule has 52 heavy (non-hydrogen) atoms. The number of nitrogens with one attached hydrogen (secondary N) is 3. The summed E-state index contributed by atoms with van der Waals surface area (Å²) in [4.78, 5) is 37.7. The van der Waals surface area contributed by atoms with E-state index in [2.05, 4.69) is 37.7 Å². The Morgan fingerprint density at radius 1 is 0.769 bits per heavy atom. The van der Waals surface area contributed by atoms with E-state index in [1.165, 1.54) is 6.07 Å². The molecule has 0 spiro atoms. The van der Waals surface area contributed by atoms with Gasteiger partial charge >= 0.3 is 0 Å². The number of hydrogen-bond donors (Lipinski definition) is 3. The third kappa shape index (κ3) is 11.4. The largest absolute Gasteiger partial charge is 0.438 e. The minimum atomic E-state index is -0.569. The first kappa shape index (κ1) is 39.0. The van der Waals surface area contributed by atoms with Crippen LogP contribution in [-0.2, 0) is 0 Å². The maximum absolute atomic E-state index is 13.7. The maximum atomic E-state index is 13.7. The zero-order chi connectivity index (χ0) is 36.9. The first-order valence-corrected chi connectivity index (χ1v) is 19.7. The van der Waals surface area contributed by atoms with Gasteiger partial charge in [0.1, 0.15) is 34.3 Å². The molecule has 2 saturated heterocycles. The summed E-state index contributed by atoms with van der Waals surface area (Å²) in [6, 6.07) is 17.4. The van der Waals surface area contributed by atoms with Crippen molar-refractivity contribution in [2.24, 2.45) is 0 Å². The van der Waals surface area contributed by atoms with E-state index >= 15 is 0 Å². The number of carbonyl (C=O) groups is 2. The van der Waals surface area contributed by atoms with Crippen LogP contribution in [0.3, 0.4) is 0 Å². The number of thioether (sulfide) groups is 2. The number of benzene rings is 2. The lowest BCUT2D eigenvalue weighted by Crippen LogP contribution is -2.44. The van der Waals surface area contributed by atoms with Crippen LogP contribution in [0.2, 0.25) is 0 Å². The van der Waals surface area contributed by atoms with Crippen molar-refractivity contribution in [2.45, 2.75) is 54.5 Å². The lowest BCUT2D eigenvalue weighted by molar-refractivity contribution is 0.0905. The SMILES string of the molecule is CCN1CCC(NC(=O)c2cc(F)cnc2Oc2cccc(SC)c2)CC1.CSc1cccc(Oc2ncc(F)cc2C(=O)NC2CCNCC2)c1. The molecule has 2 fully saturated rings. The molecular weight excluding hydrogens is 707 g/mol. The van der Waals surface area contributed by atoms with Crippen LogP contribution in [0.5, 0.6) is 23.3 Å². The van der Waals surface area contributed by atoms with Crippen LogP contribution in [0.15, 0.2) is 82.8 Å². The molecule has 276 valence electrons. The number of pyridine rings is 2. The molecule has 2 aliphatic rings. The van der Waals surface area contributed by atoms with E-state index in [4.69, 9.17) is 9.47 Å². The predicted octanol–water partition coefficient (Wildman–Crippen LogP) is 7.17. The van der Waals surface area contributed by atoms with E-state index in [-0.39, 0.29) is 46.8 Å². The third-order valence-corrected chi connectivity index (χ3v) is 10.1. The Morgan fingerprint density at radius 3 is 1.67 bits per heavy atom. The Balaban J connectivity index is 0.000000202. The first-order valence-electron chi connectivity index (χ1n) is 17.2. The number of amides is 2. The average Bonchev–Trinajstić information content (AvgIpc) is 3.17. The third-order valence-electron chi connectivity index (χ3n) is 8.68. The summed E-state index contributed by atoms with van der Waals surface area (Å²) in [5, 5.41) is 9.18. The molecule has 3 N–H and O–H groups in total. The molecule has 4 heterocycles. The molecule has 0 unspecified atom stereocenters. The van der Waals surface area contributed by atoms with E-state index in [0.717, 1.165) is 86.7 Å². The molecule has 2 aliphatic heterocycles. The van der Waals surface area contributed by atoms with Crippen LogP contribution >= 0.6 is 23.5 Å². The Bertz CT molecular complexity index is 1810. The number of hydrogen-bond acceptors (Lipinski definition) is 10. The van der Waals surface area contributed by atoms with Crippen molar-refractivity contribution in [1.29, 1.82) is 0 Å². The summed E-state index contributed by atoms with van der Waals surface area (Å²) in [5.74, 6) is -0.521. The monoisotopic (exact) mass is 750 g/mol. The zero-order valence-electron chi connectivity index (χ0n) is 29.5. The molecule has 2 aromatic carbocycles. The fraction of sp³-hybridized carbons (Fsp3) is 0.368. The molecule has 10 nitrogen and oxygen atoms in total. The lowest BCUT2D eigenvalue weighted by atomic mass is 10.0. The van der Waals surface area contributed by atoms with Gasteiger partial charge in [0.25, 0.3) is 11.8 Å². The summed E-state index contributed by atoms with van der Waals surface area (Å²) in [5.41, 5.74) is 0.218. The van der Waals surface area contributed by atoms with Gasteiger partial charge in [-0.3, -0.25) is 9.59 Å². The van der Waals surface area contributed by atoms with Gasteiger partial charge in [0.2, 0.25) is 11.8 Å². The topological polar surface area (TPSA) is 118 Å². The Morgan fingerprint density at radius 2 is 1.23 bits per heavy atom. The van der Waals surface area contributed by atoms with Gasteiger partial charge < -0.3 is 30.3 Å². The molecule has 0 aliphatic carbocycles. The van der Waals surface area contributed by atoms with Crippen LogP contribution in [-0.4, -0.2) is 84.0 Å². The second-order valence-corrected chi connectivity index (χ2v) is 14.0. The highest BCUT2D eigenvalue weighted by atomic mass is 32.2. The van der Waals surface area contributed by atoms with E-state index in [1.54, 1.807) is 35.7 Å². The van der Waals surface area contributed by atoms with Crippen LogP contribution in [0.25, 0.3) is 0 Å². The summed E-state index contributed by atoms with van der Waals surface area (Å²) < 4.78 is 38.9. The normalized spacial score (nSPS) is 15.2. The van der Waals surface area contributed by atoms with E-state index in [1.807, 2.05) is 48.9 Å². The molecule has 0 radical (unpaired) electrons. The second kappa shape index (κ2) is 19.6. The lowest BCUT2D eigenvalue weighted by Gasteiger charge is -2.31. The fourth-order valence-corrected chi connectivity index (χ4v) is 6.68. The van der Waals surface area contributed by atoms with Crippen molar-refractivity contribution in [3.63, 3.8) is 0 Å². The molecule has 0 bridgehead atoms. The highest BCUT2D eigenvalue weighted by molar-refractivity contribution is 7.98.